The van der Waals surface area contributed by atoms with E-state index in [1.807, 2.05) is 36.1 Å². The quantitative estimate of drug-likeness (QED) is 0.563. The molecule has 2 aliphatic rings. The van der Waals surface area contributed by atoms with Crippen LogP contribution in [0, 0.1) is 5.92 Å². The Hall–Kier alpha value is -2.09. The standard InChI is InChI=1S/C19H28N4O3S/c1-2-20-19(22-13-16-9-11-27(25,26)14-16)21-12-15-5-7-17(8-6-15)23-10-3-4-18(23)24/h5-8,16H,2-4,9-14H2,1H3,(H2,20,21,22). The minimum atomic E-state index is -2.85. The van der Waals surface area contributed by atoms with Gasteiger partial charge in [-0.2, -0.15) is 0 Å². The maximum atomic E-state index is 11.8. The van der Waals surface area contributed by atoms with Crippen molar-refractivity contribution in [2.75, 3.05) is 36.0 Å². The number of anilines is 1. The molecule has 2 heterocycles. The predicted molar refractivity (Wildman–Crippen MR) is 108 cm³/mol. The van der Waals surface area contributed by atoms with Gasteiger partial charge in [0.15, 0.2) is 15.8 Å². The maximum absolute atomic E-state index is 11.8. The number of rotatable bonds is 6. The number of aliphatic imine (C=N–C) groups is 1. The predicted octanol–water partition coefficient (Wildman–Crippen LogP) is 1.30. The molecular formula is C19H28N4O3S. The zero-order valence-corrected chi connectivity index (χ0v) is 16.6. The first kappa shape index (κ1) is 19.7. The zero-order valence-electron chi connectivity index (χ0n) is 15.8. The van der Waals surface area contributed by atoms with Crippen LogP contribution in [0.4, 0.5) is 5.69 Å². The van der Waals surface area contributed by atoms with E-state index in [1.165, 1.54) is 0 Å². The molecule has 1 aromatic carbocycles. The minimum Gasteiger partial charge on any atom is -0.357 e. The Morgan fingerprint density at radius 1 is 1.26 bits per heavy atom. The number of hydrogen-bond acceptors (Lipinski definition) is 4. The van der Waals surface area contributed by atoms with E-state index in [2.05, 4.69) is 15.6 Å². The van der Waals surface area contributed by atoms with Gasteiger partial charge in [0.1, 0.15) is 0 Å². The Labute approximate surface area is 161 Å². The summed E-state index contributed by atoms with van der Waals surface area (Å²) in [5, 5.41) is 6.45. The van der Waals surface area contributed by atoms with Crippen LogP contribution in [0.15, 0.2) is 29.3 Å². The van der Waals surface area contributed by atoms with Crippen molar-refractivity contribution >= 4 is 27.4 Å². The molecule has 2 aliphatic heterocycles. The van der Waals surface area contributed by atoms with E-state index in [1.54, 1.807) is 0 Å². The first-order chi connectivity index (χ1) is 13.0. The van der Waals surface area contributed by atoms with E-state index >= 15 is 0 Å². The molecule has 1 atom stereocenters. The first-order valence-electron chi connectivity index (χ1n) is 9.59. The second kappa shape index (κ2) is 8.73. The molecule has 0 bridgehead atoms. The average molecular weight is 393 g/mol. The smallest absolute Gasteiger partial charge is 0.227 e. The van der Waals surface area contributed by atoms with Crippen LogP contribution < -0.4 is 15.5 Å². The number of guanidine groups is 1. The van der Waals surface area contributed by atoms with Crippen LogP contribution in [0.5, 0.6) is 0 Å². The third-order valence-electron chi connectivity index (χ3n) is 4.97. The van der Waals surface area contributed by atoms with Crippen molar-refractivity contribution in [1.82, 2.24) is 10.6 Å². The highest BCUT2D eigenvalue weighted by molar-refractivity contribution is 7.91. The van der Waals surface area contributed by atoms with E-state index in [-0.39, 0.29) is 17.6 Å². The summed E-state index contributed by atoms with van der Waals surface area (Å²) in [6.45, 7) is 4.67. The third kappa shape index (κ3) is 5.45. The normalized spacial score (nSPS) is 22.3. The number of carbonyl (C=O) groups excluding carboxylic acids is 1. The zero-order chi connectivity index (χ0) is 19.3. The highest BCUT2D eigenvalue weighted by atomic mass is 32.2. The summed E-state index contributed by atoms with van der Waals surface area (Å²) in [5.41, 5.74) is 2.00. The van der Waals surface area contributed by atoms with E-state index in [0.29, 0.717) is 37.6 Å². The van der Waals surface area contributed by atoms with Crippen molar-refractivity contribution in [2.24, 2.45) is 10.9 Å². The fourth-order valence-electron chi connectivity index (χ4n) is 3.49. The first-order valence-corrected chi connectivity index (χ1v) is 11.4. The average Bonchev–Trinajstić information content (AvgIpc) is 3.23. The van der Waals surface area contributed by atoms with Crippen molar-refractivity contribution in [2.45, 2.75) is 32.7 Å². The molecule has 0 radical (unpaired) electrons. The van der Waals surface area contributed by atoms with Crippen molar-refractivity contribution in [3.63, 3.8) is 0 Å². The van der Waals surface area contributed by atoms with Crippen molar-refractivity contribution in [3.05, 3.63) is 29.8 Å². The highest BCUT2D eigenvalue weighted by Crippen LogP contribution is 2.22. The molecule has 1 unspecified atom stereocenters. The molecule has 1 aromatic rings. The summed E-state index contributed by atoms with van der Waals surface area (Å²) in [5.74, 6) is 1.58. The lowest BCUT2D eigenvalue weighted by Crippen LogP contribution is -2.40. The van der Waals surface area contributed by atoms with Gasteiger partial charge >= 0.3 is 0 Å². The van der Waals surface area contributed by atoms with Gasteiger partial charge in [-0.15, -0.1) is 0 Å². The molecule has 1 amide bonds. The van der Waals surface area contributed by atoms with Gasteiger partial charge in [-0.05, 0) is 43.4 Å². The van der Waals surface area contributed by atoms with Crippen LogP contribution >= 0.6 is 0 Å². The monoisotopic (exact) mass is 392 g/mol. The van der Waals surface area contributed by atoms with Gasteiger partial charge in [-0.3, -0.25) is 4.79 Å². The molecule has 2 N–H and O–H groups in total. The molecule has 3 rings (SSSR count). The van der Waals surface area contributed by atoms with E-state index in [9.17, 15) is 13.2 Å². The van der Waals surface area contributed by atoms with Gasteiger partial charge in [0, 0.05) is 31.7 Å². The van der Waals surface area contributed by atoms with Gasteiger partial charge in [0.2, 0.25) is 5.91 Å². The van der Waals surface area contributed by atoms with Crippen LogP contribution in [0.1, 0.15) is 31.7 Å². The van der Waals surface area contributed by atoms with Crippen LogP contribution in [0.2, 0.25) is 0 Å². The number of nitrogens with one attached hydrogen (secondary N) is 2. The Morgan fingerprint density at radius 2 is 2.04 bits per heavy atom. The molecule has 7 nitrogen and oxygen atoms in total. The summed E-state index contributed by atoms with van der Waals surface area (Å²) in [7, 11) is -2.85. The largest absolute Gasteiger partial charge is 0.357 e. The number of sulfone groups is 1. The molecule has 0 spiro atoms. The lowest BCUT2D eigenvalue weighted by molar-refractivity contribution is -0.117. The molecule has 2 saturated heterocycles. The molecule has 0 aromatic heterocycles. The number of carbonyl (C=O) groups is 1. The maximum Gasteiger partial charge on any atom is 0.227 e. The topological polar surface area (TPSA) is 90.9 Å². The van der Waals surface area contributed by atoms with Crippen molar-refractivity contribution in [1.29, 1.82) is 0 Å². The molecule has 8 heteroatoms. The summed E-state index contributed by atoms with van der Waals surface area (Å²) >= 11 is 0. The Balaban J connectivity index is 1.55. The lowest BCUT2D eigenvalue weighted by Gasteiger charge is -2.16. The van der Waals surface area contributed by atoms with Gasteiger partial charge in [-0.25, -0.2) is 13.4 Å². The van der Waals surface area contributed by atoms with E-state index in [0.717, 1.165) is 30.8 Å². The van der Waals surface area contributed by atoms with E-state index < -0.39 is 9.84 Å². The van der Waals surface area contributed by atoms with Crippen molar-refractivity contribution < 1.29 is 13.2 Å². The highest BCUT2D eigenvalue weighted by Gasteiger charge is 2.27. The Morgan fingerprint density at radius 3 is 2.63 bits per heavy atom. The summed E-state index contributed by atoms with van der Waals surface area (Å²) < 4.78 is 23.1. The lowest BCUT2D eigenvalue weighted by atomic mass is 10.1. The van der Waals surface area contributed by atoms with Gasteiger partial charge < -0.3 is 15.5 Å². The van der Waals surface area contributed by atoms with Crippen molar-refractivity contribution in [3.8, 4) is 0 Å². The number of amides is 1. The Bertz CT molecular complexity index is 790. The molecule has 2 fully saturated rings. The van der Waals surface area contributed by atoms with Crippen LogP contribution in [-0.4, -0.2) is 51.4 Å². The molecule has 148 valence electrons. The third-order valence-corrected chi connectivity index (χ3v) is 6.81. The second-order valence-electron chi connectivity index (χ2n) is 7.16. The summed E-state index contributed by atoms with van der Waals surface area (Å²) in [6, 6.07) is 7.94. The van der Waals surface area contributed by atoms with Crippen LogP contribution in [0.25, 0.3) is 0 Å². The Kier molecular flexibility index (Phi) is 6.36. The van der Waals surface area contributed by atoms with Crippen LogP contribution in [0.3, 0.4) is 0 Å². The number of nitrogens with zero attached hydrogens (tertiary/aromatic N) is 2. The fourth-order valence-corrected chi connectivity index (χ4v) is 5.35. The number of hydrogen-bond donors (Lipinski definition) is 2. The molecule has 0 saturated carbocycles. The van der Waals surface area contributed by atoms with Gasteiger partial charge in [0.05, 0.1) is 18.1 Å². The molecule has 27 heavy (non-hydrogen) atoms. The minimum absolute atomic E-state index is 0.149. The van der Waals surface area contributed by atoms with Gasteiger partial charge in [-0.1, -0.05) is 12.1 Å². The van der Waals surface area contributed by atoms with Crippen LogP contribution in [-0.2, 0) is 21.2 Å². The van der Waals surface area contributed by atoms with Gasteiger partial charge in [0.25, 0.3) is 0 Å². The summed E-state index contributed by atoms with van der Waals surface area (Å²) in [4.78, 5) is 18.2. The summed E-state index contributed by atoms with van der Waals surface area (Å²) in [6.07, 6.45) is 2.27. The molecular weight excluding hydrogens is 364 g/mol. The molecule has 0 aliphatic carbocycles. The SMILES string of the molecule is CCNC(=NCc1ccc(N2CCCC2=O)cc1)NCC1CCS(=O)(=O)C1. The second-order valence-corrected chi connectivity index (χ2v) is 9.39. The van der Waals surface area contributed by atoms with E-state index in [4.69, 9.17) is 0 Å². The number of benzene rings is 1. The fraction of sp³-hybridized carbons (Fsp3) is 0.579.